The van der Waals surface area contributed by atoms with Gasteiger partial charge in [0.05, 0.1) is 0 Å². The van der Waals surface area contributed by atoms with E-state index in [1.165, 1.54) is 5.56 Å². The average molecular weight is 154 g/mol. The topological polar surface area (TPSA) is 31.5 Å². The highest BCUT2D eigenvalue weighted by Crippen LogP contribution is 1.97. The Morgan fingerprint density at radius 1 is 1.10 bits per heavy atom. The minimum atomic E-state index is 0. The molecule has 10 heavy (non-hydrogen) atoms. The van der Waals surface area contributed by atoms with Gasteiger partial charge in [0.15, 0.2) is 0 Å². The fourth-order valence-electron chi connectivity index (χ4n) is 0.589. The minimum Gasteiger partial charge on any atom is -0.412 e. The first-order valence-corrected chi connectivity index (χ1v) is 2.61. The minimum absolute atomic E-state index is 0. The van der Waals surface area contributed by atoms with Crippen molar-refractivity contribution in [3.05, 3.63) is 42.5 Å². The van der Waals surface area contributed by atoms with Crippen molar-refractivity contribution in [3.8, 4) is 0 Å². The van der Waals surface area contributed by atoms with Gasteiger partial charge in [-0.15, -0.1) is 0 Å². The second-order valence-corrected chi connectivity index (χ2v) is 1.61. The molecule has 0 atom stereocenters. The molecular weight excluding hydrogens is 140 g/mol. The standard InChI is InChI=1S/C8H8.H2O.H4Si/c1-2-8-6-4-3-5-7-8;;/h2-7H,1H2;1H2;1H4. The zero-order valence-corrected chi connectivity index (χ0v) is 5.17. The molecule has 1 rings (SSSR count). The maximum atomic E-state index is 3.63. The van der Waals surface area contributed by atoms with Gasteiger partial charge in [0.2, 0.25) is 0 Å². The van der Waals surface area contributed by atoms with E-state index in [0.29, 0.717) is 0 Å². The van der Waals surface area contributed by atoms with Gasteiger partial charge in [-0.2, -0.15) is 0 Å². The van der Waals surface area contributed by atoms with E-state index in [1.807, 2.05) is 36.4 Å². The number of hydrogen-bond donors (Lipinski definition) is 0. The Morgan fingerprint density at radius 2 is 1.60 bits per heavy atom. The summed E-state index contributed by atoms with van der Waals surface area (Å²) in [7, 11) is 0. The Kier molecular flexibility index (Phi) is 7.43. The van der Waals surface area contributed by atoms with Crippen molar-refractivity contribution in [1.82, 2.24) is 0 Å². The van der Waals surface area contributed by atoms with Gasteiger partial charge in [-0.05, 0) is 16.5 Å². The summed E-state index contributed by atoms with van der Waals surface area (Å²) in [4.78, 5) is 0. The van der Waals surface area contributed by atoms with Crippen LogP contribution < -0.4 is 0 Å². The zero-order chi connectivity index (χ0) is 5.82. The first-order chi connectivity index (χ1) is 3.93. The summed E-state index contributed by atoms with van der Waals surface area (Å²) in [6, 6.07) is 10.0. The van der Waals surface area contributed by atoms with E-state index in [2.05, 4.69) is 6.58 Å². The number of rotatable bonds is 1. The molecule has 0 saturated heterocycles. The molecule has 0 aliphatic carbocycles. The summed E-state index contributed by atoms with van der Waals surface area (Å²) in [5.41, 5.74) is 1.17. The molecule has 0 amide bonds. The summed E-state index contributed by atoms with van der Waals surface area (Å²) in [5, 5.41) is 0. The maximum Gasteiger partial charge on any atom is -0.0149 e. The van der Waals surface area contributed by atoms with Crippen LogP contribution in [0.5, 0.6) is 0 Å². The van der Waals surface area contributed by atoms with Crippen molar-refractivity contribution in [1.29, 1.82) is 0 Å². The summed E-state index contributed by atoms with van der Waals surface area (Å²) >= 11 is 0. The third-order valence-electron chi connectivity index (χ3n) is 1.04. The van der Waals surface area contributed by atoms with Gasteiger partial charge >= 0.3 is 0 Å². The summed E-state index contributed by atoms with van der Waals surface area (Å²) in [5.74, 6) is 0. The van der Waals surface area contributed by atoms with Crippen molar-refractivity contribution >= 4 is 17.0 Å². The Hall–Kier alpha value is -0.863. The van der Waals surface area contributed by atoms with Gasteiger partial charge in [0, 0.05) is 0 Å². The fourth-order valence-corrected chi connectivity index (χ4v) is 0.589. The van der Waals surface area contributed by atoms with Gasteiger partial charge in [0.1, 0.15) is 0 Å². The molecule has 0 fully saturated rings. The van der Waals surface area contributed by atoms with E-state index >= 15 is 0 Å². The van der Waals surface area contributed by atoms with Gasteiger partial charge in [-0.1, -0.05) is 43.0 Å². The molecule has 1 aromatic carbocycles. The third-order valence-corrected chi connectivity index (χ3v) is 1.04. The molecule has 2 N–H and O–H groups in total. The molecule has 0 spiro atoms. The normalized spacial score (nSPS) is 6.80. The van der Waals surface area contributed by atoms with Crippen LogP contribution in [0.25, 0.3) is 6.08 Å². The largest absolute Gasteiger partial charge is 0.412 e. The van der Waals surface area contributed by atoms with Crippen LogP contribution in [-0.2, 0) is 0 Å². The maximum absolute atomic E-state index is 3.63. The van der Waals surface area contributed by atoms with Gasteiger partial charge < -0.3 is 5.48 Å². The van der Waals surface area contributed by atoms with Crippen LogP contribution in [0.2, 0.25) is 0 Å². The van der Waals surface area contributed by atoms with Crippen LogP contribution in [0.3, 0.4) is 0 Å². The first-order valence-electron chi connectivity index (χ1n) is 2.61. The molecule has 0 saturated carbocycles. The van der Waals surface area contributed by atoms with E-state index in [0.717, 1.165) is 0 Å². The van der Waals surface area contributed by atoms with Crippen LogP contribution in [0.15, 0.2) is 36.9 Å². The lowest BCUT2D eigenvalue weighted by atomic mass is 10.2. The summed E-state index contributed by atoms with van der Waals surface area (Å²) < 4.78 is 0. The third kappa shape index (κ3) is 3.22. The molecule has 0 bridgehead atoms. The van der Waals surface area contributed by atoms with Gasteiger partial charge in [-0.3, -0.25) is 0 Å². The SMILES string of the molecule is C=Cc1ccccc1.O.[SiH4]. The Morgan fingerprint density at radius 3 is 1.90 bits per heavy atom. The highest BCUT2D eigenvalue weighted by molar-refractivity contribution is 5.75. The van der Waals surface area contributed by atoms with Crippen LogP contribution in [0.1, 0.15) is 5.56 Å². The van der Waals surface area contributed by atoms with Crippen LogP contribution in [0.4, 0.5) is 0 Å². The van der Waals surface area contributed by atoms with Gasteiger partial charge in [0.25, 0.3) is 0 Å². The highest BCUT2D eigenvalue weighted by atomic mass is 28.1. The molecule has 0 unspecified atom stereocenters. The van der Waals surface area contributed by atoms with Crippen molar-refractivity contribution in [3.63, 3.8) is 0 Å². The molecule has 0 aromatic heterocycles. The summed E-state index contributed by atoms with van der Waals surface area (Å²) in [6.07, 6.45) is 1.83. The van der Waals surface area contributed by atoms with E-state index < -0.39 is 0 Å². The van der Waals surface area contributed by atoms with Crippen LogP contribution >= 0.6 is 0 Å². The van der Waals surface area contributed by atoms with Gasteiger partial charge in [-0.25, -0.2) is 0 Å². The predicted octanol–water partition coefficient (Wildman–Crippen LogP) is 0.0533. The highest BCUT2D eigenvalue weighted by Gasteiger charge is 1.75. The molecule has 1 aromatic rings. The molecule has 0 aliphatic heterocycles. The van der Waals surface area contributed by atoms with E-state index in [-0.39, 0.29) is 16.4 Å². The van der Waals surface area contributed by atoms with Crippen LogP contribution in [0, 0.1) is 0 Å². The van der Waals surface area contributed by atoms with Crippen molar-refractivity contribution < 1.29 is 5.48 Å². The smallest absolute Gasteiger partial charge is 0.0149 e. The lowest BCUT2D eigenvalue weighted by molar-refractivity contribution is 0.824. The zero-order valence-electron chi connectivity index (χ0n) is 5.17. The average Bonchev–Trinajstić information content (AvgIpc) is 1.90. The van der Waals surface area contributed by atoms with E-state index in [1.54, 1.807) is 0 Å². The Balaban J connectivity index is 0. The molecule has 0 radical (unpaired) electrons. The predicted molar refractivity (Wildman–Crippen MR) is 51.5 cm³/mol. The molecular formula is C8H14OSi. The fraction of sp³-hybridized carbons (Fsp3) is 0. The second-order valence-electron chi connectivity index (χ2n) is 1.61. The monoisotopic (exact) mass is 154 g/mol. The molecule has 0 aliphatic rings. The molecule has 1 nitrogen and oxygen atoms in total. The quantitative estimate of drug-likeness (QED) is 0.512. The second kappa shape index (κ2) is 6.26. The number of hydrogen-bond acceptors (Lipinski definition) is 0. The van der Waals surface area contributed by atoms with E-state index in [9.17, 15) is 0 Å². The van der Waals surface area contributed by atoms with Crippen LogP contribution in [-0.4, -0.2) is 16.4 Å². The van der Waals surface area contributed by atoms with Crippen molar-refractivity contribution in [2.45, 2.75) is 0 Å². The Bertz CT molecular complexity index is 172. The van der Waals surface area contributed by atoms with Crippen molar-refractivity contribution in [2.75, 3.05) is 0 Å². The lowest BCUT2D eigenvalue weighted by Crippen LogP contribution is -1.63. The first kappa shape index (κ1) is 11.9. The number of benzene rings is 1. The lowest BCUT2D eigenvalue weighted by Gasteiger charge is -1.85. The molecule has 56 valence electrons. The summed E-state index contributed by atoms with van der Waals surface area (Å²) in [6.45, 7) is 3.63. The van der Waals surface area contributed by atoms with Crippen molar-refractivity contribution in [2.24, 2.45) is 0 Å². The molecule has 2 heteroatoms. The molecule has 0 heterocycles. The Labute approximate surface area is 65.7 Å². The van der Waals surface area contributed by atoms with E-state index in [4.69, 9.17) is 0 Å².